The van der Waals surface area contributed by atoms with Gasteiger partial charge in [0.15, 0.2) is 11.5 Å². The Hall–Kier alpha value is -2.83. The van der Waals surface area contributed by atoms with Crippen LogP contribution in [-0.4, -0.2) is 55.4 Å². The van der Waals surface area contributed by atoms with E-state index in [4.69, 9.17) is 4.74 Å². The lowest BCUT2D eigenvalue weighted by Gasteiger charge is -2.37. The Bertz CT molecular complexity index is 740. The molecule has 0 spiro atoms. The quantitative estimate of drug-likeness (QED) is 0.884. The number of benzene rings is 1. The first-order valence-electron chi connectivity index (χ1n) is 8.86. The van der Waals surface area contributed by atoms with Gasteiger partial charge in [-0.2, -0.15) is 0 Å². The molecule has 1 aliphatic heterocycles. The maximum absolute atomic E-state index is 12.0. The highest BCUT2D eigenvalue weighted by molar-refractivity contribution is 5.92. The number of piperazine rings is 1. The molecule has 1 aromatic heterocycles. The van der Waals surface area contributed by atoms with Crippen molar-refractivity contribution in [2.24, 2.45) is 0 Å². The predicted molar refractivity (Wildman–Crippen MR) is 102 cm³/mol. The van der Waals surface area contributed by atoms with Crippen LogP contribution < -0.4 is 19.9 Å². The molecular formula is C19H25N5O2. The van der Waals surface area contributed by atoms with Crippen LogP contribution in [0.3, 0.4) is 0 Å². The summed E-state index contributed by atoms with van der Waals surface area (Å²) in [6.07, 6.45) is 0. The van der Waals surface area contributed by atoms with Crippen LogP contribution in [0.2, 0.25) is 0 Å². The van der Waals surface area contributed by atoms with E-state index in [2.05, 4.69) is 31.4 Å². The van der Waals surface area contributed by atoms with Crippen LogP contribution in [0.5, 0.6) is 5.75 Å². The van der Waals surface area contributed by atoms with Gasteiger partial charge in [0, 0.05) is 32.2 Å². The van der Waals surface area contributed by atoms with E-state index >= 15 is 0 Å². The molecule has 7 nitrogen and oxygen atoms in total. The fraction of sp³-hybridized carbons (Fsp3) is 0.421. The van der Waals surface area contributed by atoms with Crippen molar-refractivity contribution in [1.29, 1.82) is 0 Å². The van der Waals surface area contributed by atoms with Gasteiger partial charge in [0.2, 0.25) is 0 Å². The molecule has 0 saturated carbocycles. The number of amides is 1. The Balaban J connectivity index is 1.62. The van der Waals surface area contributed by atoms with Crippen LogP contribution in [0.1, 0.15) is 24.3 Å². The van der Waals surface area contributed by atoms with E-state index in [1.165, 1.54) is 0 Å². The summed E-state index contributed by atoms with van der Waals surface area (Å²) in [6.45, 7) is 7.26. The summed E-state index contributed by atoms with van der Waals surface area (Å²) in [6, 6.07) is 11.7. The second kappa shape index (κ2) is 8.03. The highest BCUT2D eigenvalue weighted by atomic mass is 16.5. The third kappa shape index (κ3) is 4.04. The van der Waals surface area contributed by atoms with Gasteiger partial charge in [0.05, 0.1) is 12.8 Å². The predicted octanol–water partition coefficient (Wildman–Crippen LogP) is 1.95. The SMILES string of the molecule is COc1ccccc1N1CCN(c2ccc(C(=O)NC(C)C)nn2)CC1. The molecule has 1 amide bonds. The van der Waals surface area contributed by atoms with E-state index in [0.29, 0.717) is 5.69 Å². The van der Waals surface area contributed by atoms with Gasteiger partial charge in [-0.3, -0.25) is 4.79 Å². The maximum Gasteiger partial charge on any atom is 0.271 e. The lowest BCUT2D eigenvalue weighted by molar-refractivity contribution is 0.0937. The van der Waals surface area contributed by atoms with Crippen LogP contribution in [0, 0.1) is 0 Å². The Morgan fingerprint density at radius 2 is 1.73 bits per heavy atom. The van der Waals surface area contributed by atoms with Crippen LogP contribution >= 0.6 is 0 Å². The highest BCUT2D eigenvalue weighted by Gasteiger charge is 2.21. The van der Waals surface area contributed by atoms with Crippen molar-refractivity contribution < 1.29 is 9.53 Å². The van der Waals surface area contributed by atoms with Gasteiger partial charge < -0.3 is 19.9 Å². The van der Waals surface area contributed by atoms with Gasteiger partial charge in [-0.1, -0.05) is 12.1 Å². The Kier molecular flexibility index (Phi) is 5.55. The third-order valence-corrected chi connectivity index (χ3v) is 4.33. The zero-order chi connectivity index (χ0) is 18.5. The molecule has 0 atom stereocenters. The fourth-order valence-electron chi connectivity index (χ4n) is 3.02. The van der Waals surface area contributed by atoms with Crippen molar-refractivity contribution >= 4 is 17.4 Å². The van der Waals surface area contributed by atoms with Crippen molar-refractivity contribution in [2.75, 3.05) is 43.1 Å². The molecule has 0 aliphatic carbocycles. The topological polar surface area (TPSA) is 70.6 Å². The number of hydrogen-bond donors (Lipinski definition) is 1. The largest absolute Gasteiger partial charge is 0.495 e. The fourth-order valence-corrected chi connectivity index (χ4v) is 3.02. The zero-order valence-corrected chi connectivity index (χ0v) is 15.5. The van der Waals surface area contributed by atoms with Crippen LogP contribution in [0.25, 0.3) is 0 Å². The zero-order valence-electron chi connectivity index (χ0n) is 15.5. The average molecular weight is 355 g/mol. The van der Waals surface area contributed by atoms with E-state index in [1.54, 1.807) is 13.2 Å². The molecule has 138 valence electrons. The first-order chi connectivity index (χ1) is 12.6. The Morgan fingerprint density at radius 3 is 2.35 bits per heavy atom. The molecule has 2 heterocycles. The molecule has 1 aromatic carbocycles. The number of rotatable bonds is 5. The van der Waals surface area contributed by atoms with Crippen molar-refractivity contribution in [3.05, 3.63) is 42.1 Å². The molecule has 1 N–H and O–H groups in total. The number of hydrogen-bond acceptors (Lipinski definition) is 6. The number of aromatic nitrogens is 2. The lowest BCUT2D eigenvalue weighted by atomic mass is 10.2. The number of methoxy groups -OCH3 is 1. The number of ether oxygens (including phenoxy) is 1. The van der Waals surface area contributed by atoms with Gasteiger partial charge in [0.25, 0.3) is 5.91 Å². The smallest absolute Gasteiger partial charge is 0.271 e. The number of carbonyl (C=O) groups excluding carboxylic acids is 1. The van der Waals surface area contributed by atoms with Crippen molar-refractivity contribution in [3.8, 4) is 5.75 Å². The third-order valence-electron chi connectivity index (χ3n) is 4.33. The first-order valence-corrected chi connectivity index (χ1v) is 8.86. The van der Waals surface area contributed by atoms with Gasteiger partial charge in [-0.05, 0) is 38.1 Å². The molecule has 1 aliphatic rings. The van der Waals surface area contributed by atoms with Gasteiger partial charge in [-0.15, -0.1) is 10.2 Å². The second-order valence-corrected chi connectivity index (χ2v) is 6.55. The molecule has 26 heavy (non-hydrogen) atoms. The van der Waals surface area contributed by atoms with E-state index < -0.39 is 0 Å². The lowest BCUT2D eigenvalue weighted by Crippen LogP contribution is -2.47. The van der Waals surface area contributed by atoms with Crippen molar-refractivity contribution in [2.45, 2.75) is 19.9 Å². The minimum atomic E-state index is -0.194. The molecule has 7 heteroatoms. The van der Waals surface area contributed by atoms with E-state index in [1.807, 2.05) is 38.1 Å². The number of nitrogens with one attached hydrogen (secondary N) is 1. The van der Waals surface area contributed by atoms with Gasteiger partial charge in [-0.25, -0.2) is 0 Å². The molecule has 3 rings (SSSR count). The monoisotopic (exact) mass is 355 g/mol. The summed E-state index contributed by atoms with van der Waals surface area (Å²) in [5.41, 5.74) is 1.46. The van der Waals surface area contributed by atoms with Gasteiger partial charge >= 0.3 is 0 Å². The van der Waals surface area contributed by atoms with Crippen LogP contribution in [0.4, 0.5) is 11.5 Å². The minimum absolute atomic E-state index is 0.0760. The van der Waals surface area contributed by atoms with E-state index in [0.717, 1.165) is 43.4 Å². The minimum Gasteiger partial charge on any atom is -0.495 e. The second-order valence-electron chi connectivity index (χ2n) is 6.55. The van der Waals surface area contributed by atoms with Crippen molar-refractivity contribution in [1.82, 2.24) is 15.5 Å². The summed E-state index contributed by atoms with van der Waals surface area (Å²) in [5, 5.41) is 11.1. The van der Waals surface area contributed by atoms with Crippen LogP contribution in [-0.2, 0) is 0 Å². The van der Waals surface area contributed by atoms with Crippen LogP contribution in [0.15, 0.2) is 36.4 Å². The normalized spacial score (nSPS) is 14.5. The Morgan fingerprint density at radius 1 is 1.04 bits per heavy atom. The molecule has 0 bridgehead atoms. The highest BCUT2D eigenvalue weighted by Crippen LogP contribution is 2.28. The summed E-state index contributed by atoms with van der Waals surface area (Å²) >= 11 is 0. The molecular weight excluding hydrogens is 330 g/mol. The standard InChI is InChI=1S/C19H25N5O2/c1-14(2)20-19(25)15-8-9-18(22-21-15)24-12-10-23(11-13-24)16-6-4-5-7-17(16)26-3/h4-9,14H,10-13H2,1-3H3,(H,20,25). The summed E-state index contributed by atoms with van der Waals surface area (Å²) in [4.78, 5) is 16.5. The van der Waals surface area contributed by atoms with Crippen molar-refractivity contribution in [3.63, 3.8) is 0 Å². The van der Waals surface area contributed by atoms with E-state index in [9.17, 15) is 4.79 Å². The number of nitrogens with zero attached hydrogens (tertiary/aromatic N) is 4. The molecule has 1 fully saturated rings. The summed E-state index contributed by atoms with van der Waals surface area (Å²) < 4.78 is 5.46. The molecule has 2 aromatic rings. The maximum atomic E-state index is 12.0. The Labute approximate surface area is 154 Å². The van der Waals surface area contributed by atoms with Gasteiger partial charge in [0.1, 0.15) is 5.75 Å². The summed E-state index contributed by atoms with van der Waals surface area (Å²) in [7, 11) is 1.70. The number of anilines is 2. The molecule has 1 saturated heterocycles. The number of para-hydroxylation sites is 2. The average Bonchev–Trinajstić information content (AvgIpc) is 2.67. The number of carbonyl (C=O) groups is 1. The molecule has 0 unspecified atom stereocenters. The van der Waals surface area contributed by atoms with E-state index in [-0.39, 0.29) is 11.9 Å². The molecule has 0 radical (unpaired) electrons. The summed E-state index contributed by atoms with van der Waals surface area (Å²) in [5.74, 6) is 1.49. The first kappa shape index (κ1) is 18.0.